The molecule has 0 N–H and O–H groups in total. The van der Waals surface area contributed by atoms with Crippen molar-refractivity contribution in [1.29, 1.82) is 0 Å². The summed E-state index contributed by atoms with van der Waals surface area (Å²) in [6.07, 6.45) is 1.36. The first-order valence-corrected chi connectivity index (χ1v) is 13.8. The van der Waals surface area contributed by atoms with Gasteiger partial charge in [-0.15, -0.1) is 0 Å². The largest absolute Gasteiger partial charge is 0.466 e. The van der Waals surface area contributed by atoms with Crippen LogP contribution in [0.15, 0.2) is 18.6 Å². The minimum atomic E-state index is -4.80. The van der Waals surface area contributed by atoms with Crippen molar-refractivity contribution in [3.63, 3.8) is 0 Å². The van der Waals surface area contributed by atoms with Gasteiger partial charge in [0.2, 0.25) is 0 Å². The van der Waals surface area contributed by atoms with Gasteiger partial charge in [0.05, 0.1) is 39.9 Å². The predicted octanol–water partition coefficient (Wildman–Crippen LogP) is 6.77. The first kappa shape index (κ1) is 29.6. The molecule has 0 bridgehead atoms. The van der Waals surface area contributed by atoms with Gasteiger partial charge < -0.3 is 9.64 Å². The molecule has 1 aliphatic heterocycles. The van der Waals surface area contributed by atoms with Crippen molar-refractivity contribution >= 4 is 35.1 Å². The highest BCUT2D eigenvalue weighted by Crippen LogP contribution is 2.45. The molecule has 2 aliphatic rings. The Labute approximate surface area is 236 Å². The number of likely N-dealkylation sites (tertiary alicyclic amines) is 1. The molecular formula is C27H33Cl2F3N4O3. The fourth-order valence-corrected chi connectivity index (χ4v) is 6.44. The fourth-order valence-electron chi connectivity index (χ4n) is 5.92. The second-order valence-corrected chi connectivity index (χ2v) is 12.4. The quantitative estimate of drug-likeness (QED) is 0.348. The molecule has 1 atom stereocenters. The van der Waals surface area contributed by atoms with Crippen LogP contribution in [-0.2, 0) is 22.1 Å². The summed E-state index contributed by atoms with van der Waals surface area (Å²) in [7, 11) is 0. The van der Waals surface area contributed by atoms with Gasteiger partial charge >= 0.3 is 12.1 Å². The molecule has 0 aromatic carbocycles. The van der Waals surface area contributed by atoms with Crippen molar-refractivity contribution in [2.75, 3.05) is 13.2 Å². The van der Waals surface area contributed by atoms with Gasteiger partial charge in [-0.05, 0) is 63.4 Å². The number of hydrogen-bond acceptors (Lipinski definition) is 5. The lowest BCUT2D eigenvalue weighted by molar-refractivity contribution is -0.157. The highest BCUT2D eigenvalue weighted by Gasteiger charge is 2.47. The molecule has 7 nitrogen and oxygen atoms in total. The Morgan fingerprint density at radius 3 is 2.28 bits per heavy atom. The highest BCUT2D eigenvalue weighted by molar-refractivity contribution is 6.35. The molecule has 39 heavy (non-hydrogen) atoms. The van der Waals surface area contributed by atoms with E-state index in [0.717, 1.165) is 10.9 Å². The van der Waals surface area contributed by atoms with Crippen LogP contribution in [0.2, 0.25) is 10.0 Å². The molecule has 2 fully saturated rings. The number of pyridine rings is 1. The minimum absolute atomic E-state index is 0.245. The lowest BCUT2D eigenvalue weighted by Crippen LogP contribution is -2.39. The normalized spacial score (nSPS) is 25.1. The molecular weight excluding hydrogens is 556 g/mol. The smallest absolute Gasteiger partial charge is 0.433 e. The first-order valence-electron chi connectivity index (χ1n) is 13.1. The van der Waals surface area contributed by atoms with Gasteiger partial charge in [-0.1, -0.05) is 37.0 Å². The number of carbonyl (C=O) groups excluding carboxylic acids is 2. The Kier molecular flexibility index (Phi) is 8.30. The SMILES string of the molecule is CCOC(=O)C1(C)CCC(n2ncc(C(=O)N3CC(C)(C)CC3Cc3c(Cl)cncc3Cl)c2C(F)(F)F)CC1. The summed E-state index contributed by atoms with van der Waals surface area (Å²) >= 11 is 12.6. The number of carbonyl (C=O) groups is 2. The van der Waals surface area contributed by atoms with Gasteiger partial charge in [0.1, 0.15) is 0 Å². The van der Waals surface area contributed by atoms with Gasteiger partial charge in [0.15, 0.2) is 5.69 Å². The van der Waals surface area contributed by atoms with Crippen LogP contribution in [0.25, 0.3) is 0 Å². The number of nitrogens with zero attached hydrogens (tertiary/aromatic N) is 4. The Morgan fingerprint density at radius 1 is 1.10 bits per heavy atom. The molecule has 0 spiro atoms. The maximum atomic E-state index is 14.5. The Morgan fingerprint density at radius 2 is 1.72 bits per heavy atom. The molecule has 1 amide bonds. The third kappa shape index (κ3) is 6.06. The zero-order chi connectivity index (χ0) is 28.8. The first-order chi connectivity index (χ1) is 18.2. The van der Waals surface area contributed by atoms with Gasteiger partial charge in [-0.2, -0.15) is 18.3 Å². The zero-order valence-corrected chi connectivity index (χ0v) is 24.0. The van der Waals surface area contributed by atoms with Crippen LogP contribution in [0, 0.1) is 10.8 Å². The second kappa shape index (κ2) is 10.9. The van der Waals surface area contributed by atoms with E-state index in [4.69, 9.17) is 27.9 Å². The van der Waals surface area contributed by atoms with Gasteiger partial charge in [-0.3, -0.25) is 19.3 Å². The maximum absolute atomic E-state index is 14.5. The zero-order valence-electron chi connectivity index (χ0n) is 22.4. The number of amides is 1. The van der Waals surface area contributed by atoms with Gasteiger partial charge in [-0.25, -0.2) is 0 Å². The van der Waals surface area contributed by atoms with E-state index in [2.05, 4.69) is 10.1 Å². The number of rotatable bonds is 6. The third-order valence-electron chi connectivity index (χ3n) is 7.95. The number of ether oxygens (including phenoxy) is 1. The molecule has 4 rings (SSSR count). The van der Waals surface area contributed by atoms with Gasteiger partial charge in [0, 0.05) is 25.0 Å². The molecule has 214 valence electrons. The Hall–Kier alpha value is -2.33. The van der Waals surface area contributed by atoms with Crippen molar-refractivity contribution in [1.82, 2.24) is 19.7 Å². The van der Waals surface area contributed by atoms with Crippen LogP contribution >= 0.6 is 23.2 Å². The van der Waals surface area contributed by atoms with E-state index in [0.29, 0.717) is 54.1 Å². The molecule has 2 aromatic rings. The molecule has 12 heteroatoms. The van der Waals surface area contributed by atoms with Crippen molar-refractivity contribution in [2.24, 2.45) is 10.8 Å². The van der Waals surface area contributed by atoms with E-state index in [1.165, 1.54) is 17.3 Å². The van der Waals surface area contributed by atoms with E-state index in [9.17, 15) is 22.8 Å². The van der Waals surface area contributed by atoms with E-state index >= 15 is 0 Å². The monoisotopic (exact) mass is 588 g/mol. The molecule has 1 aliphatic carbocycles. The Balaban J connectivity index is 1.63. The number of alkyl halides is 3. The molecule has 3 heterocycles. The number of halogens is 5. The van der Waals surface area contributed by atoms with Crippen LogP contribution in [0.4, 0.5) is 13.2 Å². The highest BCUT2D eigenvalue weighted by atomic mass is 35.5. The van der Waals surface area contributed by atoms with Crippen molar-refractivity contribution in [3.8, 4) is 0 Å². The summed E-state index contributed by atoms with van der Waals surface area (Å²) in [6, 6.07) is -1.000. The molecule has 1 saturated carbocycles. The van der Waals surface area contributed by atoms with E-state index in [1.54, 1.807) is 13.8 Å². The molecule has 2 aromatic heterocycles. The summed E-state index contributed by atoms with van der Waals surface area (Å²) in [4.78, 5) is 31.6. The van der Waals surface area contributed by atoms with Crippen molar-refractivity contribution < 1.29 is 27.5 Å². The molecule has 1 saturated heterocycles. The number of aromatic nitrogens is 3. The van der Waals surface area contributed by atoms with E-state index in [-0.39, 0.29) is 24.5 Å². The van der Waals surface area contributed by atoms with Crippen LogP contribution in [0.5, 0.6) is 0 Å². The second-order valence-electron chi connectivity index (χ2n) is 11.6. The van der Waals surface area contributed by atoms with Gasteiger partial charge in [0.25, 0.3) is 5.91 Å². The van der Waals surface area contributed by atoms with E-state index < -0.39 is 40.8 Å². The summed E-state index contributed by atoms with van der Waals surface area (Å²) in [5, 5.41) is 4.77. The van der Waals surface area contributed by atoms with E-state index in [1.807, 2.05) is 13.8 Å². The lowest BCUT2D eigenvalue weighted by atomic mass is 9.74. The fraction of sp³-hybridized carbons (Fsp3) is 0.630. The summed E-state index contributed by atoms with van der Waals surface area (Å²) in [6.45, 7) is 7.96. The lowest BCUT2D eigenvalue weighted by Gasteiger charge is -2.36. The Bertz CT molecular complexity index is 1220. The average molecular weight is 589 g/mol. The number of esters is 1. The summed E-state index contributed by atoms with van der Waals surface area (Å²) < 4.78 is 49.5. The van der Waals surface area contributed by atoms with Crippen LogP contribution in [-0.4, -0.2) is 50.7 Å². The maximum Gasteiger partial charge on any atom is 0.433 e. The summed E-state index contributed by atoms with van der Waals surface area (Å²) in [5.74, 6) is -1.06. The van der Waals surface area contributed by atoms with Crippen molar-refractivity contribution in [3.05, 3.63) is 45.5 Å². The van der Waals surface area contributed by atoms with Crippen LogP contribution in [0.3, 0.4) is 0 Å². The minimum Gasteiger partial charge on any atom is -0.466 e. The van der Waals surface area contributed by atoms with Crippen LogP contribution < -0.4 is 0 Å². The average Bonchev–Trinajstić information content (AvgIpc) is 3.43. The van der Waals surface area contributed by atoms with Crippen molar-refractivity contribution in [2.45, 2.75) is 84.5 Å². The number of hydrogen-bond donors (Lipinski definition) is 0. The topological polar surface area (TPSA) is 77.3 Å². The van der Waals surface area contributed by atoms with Crippen LogP contribution in [0.1, 0.15) is 87.5 Å². The molecule has 1 unspecified atom stereocenters. The summed E-state index contributed by atoms with van der Waals surface area (Å²) in [5.41, 5.74) is -1.99. The predicted molar refractivity (Wildman–Crippen MR) is 141 cm³/mol. The standard InChI is InChI=1S/C27H33Cl2F3N4O3/c1-5-39-24(38)26(4)8-6-16(7-9-26)36-22(27(30,31)32)19(12-34-36)23(37)35-15-25(2,3)11-17(35)10-18-20(28)13-33-14-21(18)29/h12-14,16-17H,5-11,15H2,1-4H3. The molecule has 0 radical (unpaired) electrons. The third-order valence-corrected chi connectivity index (χ3v) is 8.60.